The molecule has 6 nitrogen and oxygen atoms in total. The highest BCUT2D eigenvalue weighted by Gasteiger charge is 2.27. The largest absolute Gasteiger partial charge is 0.462 e. The molecule has 2 aromatic rings. The molecule has 0 bridgehead atoms. The van der Waals surface area contributed by atoms with Crippen molar-refractivity contribution < 1.29 is 23.8 Å². The smallest absolute Gasteiger partial charge is 0.341 e. The summed E-state index contributed by atoms with van der Waals surface area (Å²) in [7, 11) is 0. The summed E-state index contributed by atoms with van der Waals surface area (Å²) in [6.07, 6.45) is 6.30. The number of carbonyl (C=O) groups is 2. The number of carbonyl (C=O) groups excluding carboxylic acids is 2. The number of hydrogen-bond acceptors (Lipinski definition) is 6. The van der Waals surface area contributed by atoms with Crippen LogP contribution in [0.3, 0.4) is 0 Å². The first-order valence-electron chi connectivity index (χ1n) is 9.70. The lowest BCUT2D eigenvalue weighted by atomic mass is 9.96. The molecule has 1 aliphatic heterocycles. The van der Waals surface area contributed by atoms with E-state index < -0.39 is 0 Å². The van der Waals surface area contributed by atoms with E-state index in [1.165, 1.54) is 22.6 Å². The Hall–Kier alpha value is -2.54. The van der Waals surface area contributed by atoms with Crippen molar-refractivity contribution in [2.45, 2.75) is 45.4 Å². The Labute approximate surface area is 167 Å². The molecule has 148 valence electrons. The molecule has 0 saturated carbocycles. The van der Waals surface area contributed by atoms with Crippen molar-refractivity contribution in [2.24, 2.45) is 0 Å². The average molecular weight is 401 g/mol. The highest BCUT2D eigenvalue weighted by molar-refractivity contribution is 7.17. The van der Waals surface area contributed by atoms with Crippen molar-refractivity contribution in [3.63, 3.8) is 0 Å². The number of ether oxygens (including phenoxy) is 3. The van der Waals surface area contributed by atoms with Gasteiger partial charge in [0.05, 0.1) is 12.2 Å². The first kappa shape index (κ1) is 18.8. The fourth-order valence-corrected chi connectivity index (χ4v) is 4.91. The summed E-state index contributed by atoms with van der Waals surface area (Å²) in [5.41, 5.74) is 2.03. The summed E-state index contributed by atoms with van der Waals surface area (Å²) in [6.45, 7) is 2.25. The molecule has 2 aliphatic rings. The van der Waals surface area contributed by atoms with Crippen LogP contribution in [0.15, 0.2) is 18.2 Å². The van der Waals surface area contributed by atoms with E-state index in [0.717, 1.165) is 37.7 Å². The Balaban J connectivity index is 1.65. The second-order valence-electron chi connectivity index (χ2n) is 6.86. The van der Waals surface area contributed by atoms with Crippen LogP contribution in [0.2, 0.25) is 0 Å². The number of aryl methyl sites for hydroxylation is 1. The van der Waals surface area contributed by atoms with E-state index in [1.807, 2.05) is 0 Å². The predicted molar refractivity (Wildman–Crippen MR) is 107 cm³/mol. The molecule has 0 unspecified atom stereocenters. The van der Waals surface area contributed by atoms with Gasteiger partial charge in [-0.3, -0.25) is 4.79 Å². The van der Waals surface area contributed by atoms with Crippen LogP contribution in [0.1, 0.15) is 63.8 Å². The lowest BCUT2D eigenvalue weighted by Crippen LogP contribution is -2.15. The van der Waals surface area contributed by atoms with Crippen molar-refractivity contribution in [1.29, 1.82) is 0 Å². The number of rotatable bonds is 4. The molecule has 1 N–H and O–H groups in total. The molecule has 0 spiro atoms. The standard InChI is InChI=1S/C21H23NO5S/c1-2-25-21(24)18-14-7-5-3-4-6-8-17(14)28-20(18)22-19(23)13-9-10-15-16(11-13)27-12-26-15/h9-11H,2-8,12H2,1H3,(H,22,23). The van der Waals surface area contributed by atoms with Gasteiger partial charge in [0.2, 0.25) is 6.79 Å². The van der Waals surface area contributed by atoms with Gasteiger partial charge in [0.1, 0.15) is 5.00 Å². The van der Waals surface area contributed by atoms with Gasteiger partial charge in [0, 0.05) is 10.4 Å². The zero-order valence-electron chi connectivity index (χ0n) is 15.8. The molecule has 0 atom stereocenters. The first-order chi connectivity index (χ1) is 13.7. The third kappa shape index (κ3) is 3.71. The predicted octanol–water partition coefficient (Wildman–Crippen LogP) is 4.56. The Morgan fingerprint density at radius 2 is 1.89 bits per heavy atom. The van der Waals surface area contributed by atoms with Crippen molar-refractivity contribution in [2.75, 3.05) is 18.7 Å². The molecule has 1 amide bonds. The minimum atomic E-state index is -0.360. The van der Waals surface area contributed by atoms with Crippen molar-refractivity contribution >= 4 is 28.2 Å². The van der Waals surface area contributed by atoms with Gasteiger partial charge in [-0.25, -0.2) is 4.79 Å². The SMILES string of the molecule is CCOC(=O)c1c(NC(=O)c2ccc3c(c2)OCO3)sc2c1CCCCCC2. The van der Waals surface area contributed by atoms with Gasteiger partial charge in [-0.15, -0.1) is 11.3 Å². The van der Waals surface area contributed by atoms with E-state index in [0.29, 0.717) is 34.2 Å². The van der Waals surface area contributed by atoms with Crippen molar-refractivity contribution in [1.82, 2.24) is 0 Å². The maximum absolute atomic E-state index is 12.8. The van der Waals surface area contributed by atoms with Gasteiger partial charge >= 0.3 is 5.97 Å². The van der Waals surface area contributed by atoms with Crippen molar-refractivity contribution in [3.05, 3.63) is 39.8 Å². The number of esters is 1. The second-order valence-corrected chi connectivity index (χ2v) is 7.97. The highest BCUT2D eigenvalue weighted by atomic mass is 32.1. The lowest BCUT2D eigenvalue weighted by Gasteiger charge is -2.11. The van der Waals surface area contributed by atoms with Crippen LogP contribution < -0.4 is 14.8 Å². The van der Waals surface area contributed by atoms with E-state index in [-0.39, 0.29) is 18.7 Å². The third-order valence-electron chi connectivity index (χ3n) is 5.01. The molecule has 1 aromatic carbocycles. The lowest BCUT2D eigenvalue weighted by molar-refractivity contribution is 0.0526. The van der Waals surface area contributed by atoms with Gasteiger partial charge in [-0.1, -0.05) is 12.8 Å². The Morgan fingerprint density at radius 1 is 1.11 bits per heavy atom. The van der Waals surface area contributed by atoms with Crippen LogP contribution in [-0.4, -0.2) is 25.3 Å². The van der Waals surface area contributed by atoms with Gasteiger partial charge in [0.15, 0.2) is 11.5 Å². The quantitative estimate of drug-likeness (QED) is 0.760. The van der Waals surface area contributed by atoms with E-state index in [9.17, 15) is 9.59 Å². The summed E-state index contributed by atoms with van der Waals surface area (Å²) < 4.78 is 15.9. The Kier molecular flexibility index (Phi) is 5.52. The molecule has 2 heterocycles. The maximum Gasteiger partial charge on any atom is 0.341 e. The number of amides is 1. The normalized spacial score (nSPS) is 15.3. The van der Waals surface area contributed by atoms with E-state index in [4.69, 9.17) is 14.2 Å². The van der Waals surface area contributed by atoms with Gasteiger partial charge < -0.3 is 19.5 Å². The molecular formula is C21H23NO5S. The number of thiophene rings is 1. The van der Waals surface area contributed by atoms with Crippen molar-refractivity contribution in [3.8, 4) is 11.5 Å². The zero-order chi connectivity index (χ0) is 19.5. The van der Waals surface area contributed by atoms with E-state index in [2.05, 4.69) is 5.32 Å². The molecule has 0 fully saturated rings. The Bertz CT molecular complexity index is 904. The van der Waals surface area contributed by atoms with Gasteiger partial charge in [0.25, 0.3) is 5.91 Å². The molecule has 4 rings (SSSR count). The second kappa shape index (κ2) is 8.22. The number of hydrogen-bond donors (Lipinski definition) is 1. The fourth-order valence-electron chi connectivity index (χ4n) is 3.64. The van der Waals surface area contributed by atoms with Crippen LogP contribution in [0, 0.1) is 0 Å². The highest BCUT2D eigenvalue weighted by Crippen LogP contribution is 2.38. The molecule has 28 heavy (non-hydrogen) atoms. The minimum absolute atomic E-state index is 0.158. The molecular weight excluding hydrogens is 378 g/mol. The number of benzene rings is 1. The number of fused-ring (bicyclic) bond motifs is 2. The Morgan fingerprint density at radius 3 is 2.71 bits per heavy atom. The van der Waals surface area contributed by atoms with Crippen LogP contribution in [0.4, 0.5) is 5.00 Å². The summed E-state index contributed by atoms with van der Waals surface area (Å²) in [5, 5.41) is 3.51. The summed E-state index contributed by atoms with van der Waals surface area (Å²) in [5.74, 6) is 0.541. The summed E-state index contributed by atoms with van der Waals surface area (Å²) >= 11 is 1.50. The summed E-state index contributed by atoms with van der Waals surface area (Å²) in [4.78, 5) is 26.7. The van der Waals surface area contributed by atoms with Crippen LogP contribution in [0.5, 0.6) is 11.5 Å². The fraction of sp³-hybridized carbons (Fsp3) is 0.429. The molecule has 1 aliphatic carbocycles. The number of nitrogens with one attached hydrogen (secondary N) is 1. The zero-order valence-corrected chi connectivity index (χ0v) is 16.7. The average Bonchev–Trinajstić information content (AvgIpc) is 3.25. The van der Waals surface area contributed by atoms with E-state index in [1.54, 1.807) is 25.1 Å². The van der Waals surface area contributed by atoms with Gasteiger partial charge in [-0.2, -0.15) is 0 Å². The van der Waals surface area contributed by atoms with E-state index >= 15 is 0 Å². The monoisotopic (exact) mass is 401 g/mol. The summed E-state index contributed by atoms with van der Waals surface area (Å²) in [6, 6.07) is 5.07. The van der Waals surface area contributed by atoms with Crippen LogP contribution in [-0.2, 0) is 17.6 Å². The van der Waals surface area contributed by atoms with Crippen LogP contribution in [0.25, 0.3) is 0 Å². The molecule has 1 aromatic heterocycles. The van der Waals surface area contributed by atoms with Gasteiger partial charge in [-0.05, 0) is 56.4 Å². The topological polar surface area (TPSA) is 73.9 Å². The van der Waals surface area contributed by atoms with Crippen LogP contribution >= 0.6 is 11.3 Å². The molecule has 0 saturated heterocycles. The maximum atomic E-state index is 12.8. The molecule has 0 radical (unpaired) electrons. The minimum Gasteiger partial charge on any atom is -0.462 e. The third-order valence-corrected chi connectivity index (χ3v) is 6.22. The number of anilines is 1. The molecule has 7 heteroatoms. The first-order valence-corrected chi connectivity index (χ1v) is 10.5.